The quantitative estimate of drug-likeness (QED) is 0.0776. The molecule has 2 aromatic rings. The zero-order chi connectivity index (χ0) is 35.3. The standard InChI is InChI=1S/C32H38N10O7/c1-19(42(17-22-10-6-4-7-11-22)32(45)46-18-23-12-8-5-9-13-23)27-15-14-24(36-39-33)29(49-27)28-25(37-40-34)16-26(38-41-35)30(47-20(2)43)31(28)48-21(3)44/h4-13,19,24-31H,14-18H2,1-3H3/t19-,24?,25?,26?,27-,28?,29-,30-,31-/m0/s1. The summed E-state index contributed by atoms with van der Waals surface area (Å²) in [7, 11) is 0. The molecular weight excluding hydrogens is 636 g/mol. The van der Waals surface area contributed by atoms with Gasteiger partial charge in [0, 0.05) is 47.1 Å². The van der Waals surface area contributed by atoms with Crippen LogP contribution in [0, 0.1) is 5.92 Å². The molecule has 1 heterocycles. The van der Waals surface area contributed by atoms with Crippen molar-refractivity contribution >= 4 is 18.0 Å². The number of hydrogen-bond donors (Lipinski definition) is 0. The van der Waals surface area contributed by atoms with Crippen LogP contribution in [0.5, 0.6) is 0 Å². The molecule has 4 unspecified atom stereocenters. The van der Waals surface area contributed by atoms with E-state index in [1.807, 2.05) is 67.6 Å². The van der Waals surface area contributed by atoms with Crippen molar-refractivity contribution in [1.82, 2.24) is 4.90 Å². The van der Waals surface area contributed by atoms with Crippen molar-refractivity contribution in [1.29, 1.82) is 0 Å². The molecule has 1 aliphatic heterocycles. The van der Waals surface area contributed by atoms with Crippen LogP contribution in [-0.2, 0) is 41.7 Å². The molecule has 0 N–H and O–H groups in total. The summed E-state index contributed by atoms with van der Waals surface area (Å²) in [5.41, 5.74) is 30.0. The summed E-state index contributed by atoms with van der Waals surface area (Å²) in [6.07, 6.45) is -4.26. The summed E-state index contributed by atoms with van der Waals surface area (Å²) >= 11 is 0. The van der Waals surface area contributed by atoms with Crippen molar-refractivity contribution in [3.8, 4) is 0 Å². The Morgan fingerprint density at radius 3 is 1.96 bits per heavy atom. The van der Waals surface area contributed by atoms with Crippen LogP contribution in [0.15, 0.2) is 76.0 Å². The molecule has 258 valence electrons. The monoisotopic (exact) mass is 674 g/mol. The highest BCUT2D eigenvalue weighted by atomic mass is 16.6. The Morgan fingerprint density at radius 1 is 0.816 bits per heavy atom. The fourth-order valence-corrected chi connectivity index (χ4v) is 6.56. The largest absolute Gasteiger partial charge is 0.458 e. The average Bonchev–Trinajstić information content (AvgIpc) is 3.09. The second-order valence-corrected chi connectivity index (χ2v) is 11.9. The summed E-state index contributed by atoms with van der Waals surface area (Å²) in [4.78, 5) is 48.7. The van der Waals surface area contributed by atoms with Crippen molar-refractivity contribution in [3.63, 3.8) is 0 Å². The molecule has 2 aromatic carbocycles. The zero-order valence-corrected chi connectivity index (χ0v) is 27.3. The first-order valence-electron chi connectivity index (χ1n) is 15.8. The fourth-order valence-electron chi connectivity index (χ4n) is 6.56. The van der Waals surface area contributed by atoms with Gasteiger partial charge in [0.25, 0.3) is 0 Å². The van der Waals surface area contributed by atoms with E-state index in [1.165, 1.54) is 0 Å². The van der Waals surface area contributed by atoms with Gasteiger partial charge in [0.05, 0.1) is 30.3 Å². The Labute approximate surface area is 282 Å². The lowest BCUT2D eigenvalue weighted by atomic mass is 9.72. The van der Waals surface area contributed by atoms with E-state index in [-0.39, 0.29) is 19.6 Å². The Morgan fingerprint density at radius 2 is 1.37 bits per heavy atom. The van der Waals surface area contributed by atoms with Crippen LogP contribution in [0.4, 0.5) is 4.79 Å². The van der Waals surface area contributed by atoms with Gasteiger partial charge in [-0.1, -0.05) is 76.0 Å². The zero-order valence-electron chi connectivity index (χ0n) is 27.3. The van der Waals surface area contributed by atoms with Crippen molar-refractivity contribution in [2.24, 2.45) is 21.3 Å². The highest BCUT2D eigenvalue weighted by Gasteiger charge is 2.54. The molecule has 1 aliphatic carbocycles. The maximum atomic E-state index is 13.7. The summed E-state index contributed by atoms with van der Waals surface area (Å²) in [6, 6.07) is 15.2. The molecular formula is C32H38N10O7. The number of carbonyl (C=O) groups excluding carboxylic acids is 3. The van der Waals surface area contributed by atoms with E-state index in [9.17, 15) is 31.0 Å². The molecule has 2 fully saturated rings. The van der Waals surface area contributed by atoms with Crippen LogP contribution in [0.1, 0.15) is 51.2 Å². The third-order valence-corrected chi connectivity index (χ3v) is 8.72. The van der Waals surface area contributed by atoms with E-state index < -0.39 is 72.5 Å². The van der Waals surface area contributed by atoms with Gasteiger partial charge in [-0.05, 0) is 53.9 Å². The average molecular weight is 675 g/mol. The summed E-state index contributed by atoms with van der Waals surface area (Å²) in [6.45, 7) is 4.37. The molecule has 17 heteroatoms. The van der Waals surface area contributed by atoms with Gasteiger partial charge in [-0.2, -0.15) is 0 Å². The number of amides is 1. The number of hydrogen-bond acceptors (Lipinski definition) is 10. The first kappa shape index (κ1) is 36.4. The third-order valence-electron chi connectivity index (χ3n) is 8.72. The molecule has 2 aliphatic rings. The number of azide groups is 3. The van der Waals surface area contributed by atoms with Crippen LogP contribution >= 0.6 is 0 Å². The van der Waals surface area contributed by atoms with Crippen molar-refractivity contribution < 1.29 is 33.3 Å². The second-order valence-electron chi connectivity index (χ2n) is 11.9. The highest BCUT2D eigenvalue weighted by molar-refractivity contribution is 5.68. The highest BCUT2D eigenvalue weighted by Crippen LogP contribution is 2.42. The van der Waals surface area contributed by atoms with Crippen LogP contribution < -0.4 is 0 Å². The lowest BCUT2D eigenvalue weighted by Gasteiger charge is -2.50. The minimum atomic E-state index is -1.31. The van der Waals surface area contributed by atoms with E-state index in [0.717, 1.165) is 25.0 Å². The number of esters is 2. The van der Waals surface area contributed by atoms with Crippen molar-refractivity contribution in [2.45, 2.75) is 102 Å². The summed E-state index contributed by atoms with van der Waals surface area (Å²) < 4.78 is 23.7. The van der Waals surface area contributed by atoms with Gasteiger partial charge in [0.2, 0.25) is 0 Å². The van der Waals surface area contributed by atoms with Crippen LogP contribution in [-0.4, -0.2) is 71.5 Å². The number of nitrogens with zero attached hydrogens (tertiary/aromatic N) is 10. The Balaban J connectivity index is 1.71. The van der Waals surface area contributed by atoms with Crippen molar-refractivity contribution in [2.75, 3.05) is 0 Å². The van der Waals surface area contributed by atoms with E-state index >= 15 is 0 Å². The van der Waals surface area contributed by atoms with E-state index in [0.29, 0.717) is 12.8 Å². The smallest absolute Gasteiger partial charge is 0.410 e. The molecule has 1 saturated carbocycles. The van der Waals surface area contributed by atoms with Gasteiger partial charge < -0.3 is 18.9 Å². The van der Waals surface area contributed by atoms with Crippen LogP contribution in [0.3, 0.4) is 0 Å². The minimum Gasteiger partial charge on any atom is -0.458 e. The van der Waals surface area contributed by atoms with Gasteiger partial charge in [0.1, 0.15) is 18.8 Å². The van der Waals surface area contributed by atoms with E-state index in [1.54, 1.807) is 4.90 Å². The molecule has 1 saturated heterocycles. The van der Waals surface area contributed by atoms with Gasteiger partial charge in [0.15, 0.2) is 0 Å². The normalized spacial score (nSPS) is 26.7. The predicted octanol–water partition coefficient (Wildman–Crippen LogP) is 6.68. The van der Waals surface area contributed by atoms with E-state index in [4.69, 9.17) is 18.9 Å². The van der Waals surface area contributed by atoms with Gasteiger partial charge in [-0.25, -0.2) is 4.79 Å². The van der Waals surface area contributed by atoms with Gasteiger partial charge in [-0.3, -0.25) is 14.5 Å². The molecule has 0 aromatic heterocycles. The maximum Gasteiger partial charge on any atom is 0.410 e. The lowest BCUT2D eigenvalue weighted by molar-refractivity contribution is -0.197. The molecule has 17 nitrogen and oxygen atoms in total. The van der Waals surface area contributed by atoms with Crippen molar-refractivity contribution in [3.05, 3.63) is 103 Å². The number of benzene rings is 2. The summed E-state index contributed by atoms with van der Waals surface area (Å²) in [5.74, 6) is -2.48. The Bertz CT molecular complexity index is 1600. The Hall–Kier alpha value is -5.46. The molecule has 1 amide bonds. The first-order chi connectivity index (χ1) is 23.7. The van der Waals surface area contributed by atoms with Gasteiger partial charge in [-0.15, -0.1) is 0 Å². The second kappa shape index (κ2) is 17.6. The van der Waals surface area contributed by atoms with Gasteiger partial charge >= 0.3 is 18.0 Å². The number of ether oxygens (including phenoxy) is 4. The van der Waals surface area contributed by atoms with Crippen LogP contribution in [0.2, 0.25) is 0 Å². The maximum absolute atomic E-state index is 13.7. The summed E-state index contributed by atoms with van der Waals surface area (Å²) in [5, 5.41) is 11.7. The minimum absolute atomic E-state index is 0.0503. The molecule has 9 atom stereocenters. The SMILES string of the molecule is CC(=O)O[C@H]1C(N=[N+]=[N-])CC(N=[N+]=[N-])C([C@H]2O[C@H]([C@H](C)N(Cc3ccccc3)C(=O)OCc3ccccc3)CCC2N=[N+]=[N-])[C@@H]1OC(C)=O. The van der Waals surface area contributed by atoms with E-state index in [2.05, 4.69) is 30.1 Å². The lowest BCUT2D eigenvalue weighted by Crippen LogP contribution is -2.62. The van der Waals surface area contributed by atoms with Crippen LogP contribution in [0.25, 0.3) is 31.3 Å². The topological polar surface area (TPSA) is 238 Å². The Kier molecular flexibility index (Phi) is 13.1. The molecule has 0 bridgehead atoms. The number of carbonyl (C=O) groups is 3. The third kappa shape index (κ3) is 9.55. The predicted molar refractivity (Wildman–Crippen MR) is 174 cm³/mol. The first-order valence-corrected chi connectivity index (χ1v) is 15.8. The fraction of sp³-hybridized carbons (Fsp3) is 0.531. The molecule has 4 rings (SSSR count). The molecule has 0 radical (unpaired) electrons. The number of rotatable bonds is 12. The molecule has 0 spiro atoms. The molecule has 49 heavy (non-hydrogen) atoms.